The molecule has 3 aromatic rings. The molecule has 4 rings (SSSR count). The maximum atomic E-state index is 13.9. The van der Waals surface area contributed by atoms with E-state index in [9.17, 15) is 14.5 Å². The monoisotopic (exact) mass is 360 g/mol. The lowest BCUT2D eigenvalue weighted by Crippen LogP contribution is -2.19. The van der Waals surface area contributed by atoms with Crippen molar-refractivity contribution in [2.75, 3.05) is 0 Å². The van der Waals surface area contributed by atoms with Crippen molar-refractivity contribution in [1.29, 1.82) is 0 Å². The number of hydrazone groups is 1. The molecular weight excluding hydrogens is 347 g/mol. The van der Waals surface area contributed by atoms with E-state index >= 15 is 0 Å². The molecule has 7 heteroatoms. The Hall–Kier alpha value is -3.87. The summed E-state index contributed by atoms with van der Waals surface area (Å²) in [7, 11) is 0. The third-order valence-corrected chi connectivity index (χ3v) is 4.12. The Kier molecular flexibility index (Phi) is 4.18. The lowest BCUT2D eigenvalue weighted by atomic mass is 10.0. The second-order valence-electron chi connectivity index (χ2n) is 5.86. The number of amidine groups is 1. The highest BCUT2D eigenvalue weighted by atomic mass is 19.1. The molecule has 3 aromatic carbocycles. The van der Waals surface area contributed by atoms with Crippen LogP contribution in [0, 0.1) is 15.9 Å². The number of non-ortho nitro benzene ring substituents is 1. The number of rotatable bonds is 3. The molecule has 1 N–H and O–H groups in total. The predicted octanol–water partition coefficient (Wildman–Crippen LogP) is 4.17. The first-order valence-corrected chi connectivity index (χ1v) is 8.14. The number of fused-ring (bicyclic) bond motifs is 1. The molecule has 0 saturated carbocycles. The predicted molar refractivity (Wildman–Crippen MR) is 101 cm³/mol. The van der Waals surface area contributed by atoms with Crippen molar-refractivity contribution >= 4 is 22.9 Å². The number of nitrogens with one attached hydrogen (secondary N) is 1. The molecule has 132 valence electrons. The van der Waals surface area contributed by atoms with Crippen molar-refractivity contribution in [3.05, 3.63) is 105 Å². The zero-order valence-electron chi connectivity index (χ0n) is 14.0. The highest BCUT2D eigenvalue weighted by Gasteiger charge is 2.18. The van der Waals surface area contributed by atoms with E-state index in [0.29, 0.717) is 28.4 Å². The van der Waals surface area contributed by atoms with E-state index < -0.39 is 10.7 Å². The van der Waals surface area contributed by atoms with E-state index in [1.165, 1.54) is 24.3 Å². The molecule has 0 amide bonds. The van der Waals surface area contributed by atoms with Gasteiger partial charge in [-0.25, -0.2) is 9.38 Å². The SMILES string of the molecule is O=[N+]([O-])c1ccc(C2=NNC(c3ccccc3)=Nc3ccc(F)cc32)cc1. The van der Waals surface area contributed by atoms with E-state index in [2.05, 4.69) is 15.5 Å². The molecular formula is C20H13FN4O2. The Morgan fingerprint density at radius 1 is 0.926 bits per heavy atom. The van der Waals surface area contributed by atoms with Crippen molar-refractivity contribution in [2.24, 2.45) is 10.1 Å². The summed E-state index contributed by atoms with van der Waals surface area (Å²) in [4.78, 5) is 15.0. The Morgan fingerprint density at radius 3 is 2.37 bits per heavy atom. The maximum Gasteiger partial charge on any atom is 0.269 e. The summed E-state index contributed by atoms with van der Waals surface area (Å²) < 4.78 is 13.9. The smallest absolute Gasteiger partial charge is 0.260 e. The highest BCUT2D eigenvalue weighted by molar-refractivity contribution is 6.18. The minimum Gasteiger partial charge on any atom is -0.260 e. The summed E-state index contributed by atoms with van der Waals surface area (Å²) in [6.07, 6.45) is 0. The van der Waals surface area contributed by atoms with Gasteiger partial charge in [-0.15, -0.1) is 0 Å². The molecule has 1 heterocycles. The molecule has 0 fully saturated rings. The summed E-state index contributed by atoms with van der Waals surface area (Å²) in [6.45, 7) is 0. The topological polar surface area (TPSA) is 79.9 Å². The van der Waals surface area contributed by atoms with Crippen LogP contribution in [0.25, 0.3) is 0 Å². The third-order valence-electron chi connectivity index (χ3n) is 4.12. The molecule has 0 aliphatic carbocycles. The fourth-order valence-corrected chi connectivity index (χ4v) is 2.80. The Morgan fingerprint density at radius 2 is 1.67 bits per heavy atom. The number of aliphatic imine (C=N–C) groups is 1. The lowest BCUT2D eigenvalue weighted by molar-refractivity contribution is -0.384. The number of nitro benzene ring substituents is 1. The van der Waals surface area contributed by atoms with E-state index in [4.69, 9.17) is 0 Å². The maximum absolute atomic E-state index is 13.9. The molecule has 0 bridgehead atoms. The number of halogens is 1. The molecule has 0 spiro atoms. The van der Waals surface area contributed by atoms with Gasteiger partial charge in [0.05, 0.1) is 10.6 Å². The van der Waals surface area contributed by atoms with Crippen molar-refractivity contribution in [3.63, 3.8) is 0 Å². The molecule has 0 radical (unpaired) electrons. The summed E-state index contributed by atoms with van der Waals surface area (Å²) in [6, 6.07) is 19.7. The van der Waals surface area contributed by atoms with Gasteiger partial charge in [0.1, 0.15) is 11.5 Å². The van der Waals surface area contributed by atoms with E-state index in [1.54, 1.807) is 18.2 Å². The van der Waals surface area contributed by atoms with Crippen LogP contribution in [0.5, 0.6) is 0 Å². The van der Waals surface area contributed by atoms with Crippen LogP contribution in [0.2, 0.25) is 0 Å². The van der Waals surface area contributed by atoms with Gasteiger partial charge in [0.2, 0.25) is 0 Å². The third kappa shape index (κ3) is 3.30. The molecule has 0 unspecified atom stereocenters. The van der Waals surface area contributed by atoms with Crippen LogP contribution in [0.1, 0.15) is 16.7 Å². The van der Waals surface area contributed by atoms with Gasteiger partial charge in [0.25, 0.3) is 5.69 Å². The fourth-order valence-electron chi connectivity index (χ4n) is 2.80. The quantitative estimate of drug-likeness (QED) is 0.562. The first-order valence-electron chi connectivity index (χ1n) is 8.14. The van der Waals surface area contributed by atoms with Crippen molar-refractivity contribution < 1.29 is 9.31 Å². The van der Waals surface area contributed by atoms with Gasteiger partial charge in [-0.3, -0.25) is 15.5 Å². The van der Waals surface area contributed by atoms with Crippen molar-refractivity contribution in [2.45, 2.75) is 0 Å². The molecule has 0 atom stereocenters. The van der Waals surface area contributed by atoms with Crippen molar-refractivity contribution in [1.82, 2.24) is 5.43 Å². The largest absolute Gasteiger partial charge is 0.269 e. The standard InChI is InChI=1S/C20H13FN4O2/c21-15-8-11-18-17(12-15)19(13-6-9-16(10-7-13)25(26)27)23-24-20(22-18)14-4-2-1-3-5-14/h1-12H,(H,22,24). The van der Waals surface area contributed by atoms with Crippen LogP contribution < -0.4 is 5.43 Å². The Bertz CT molecular complexity index is 1080. The zero-order valence-corrected chi connectivity index (χ0v) is 14.0. The second kappa shape index (κ2) is 6.80. The zero-order chi connectivity index (χ0) is 18.8. The van der Waals surface area contributed by atoms with E-state index in [-0.39, 0.29) is 5.69 Å². The minimum absolute atomic E-state index is 0.0263. The van der Waals surface area contributed by atoms with Gasteiger partial charge in [-0.2, -0.15) is 5.10 Å². The van der Waals surface area contributed by atoms with Gasteiger partial charge < -0.3 is 0 Å². The average molecular weight is 360 g/mol. The minimum atomic E-state index is -0.471. The van der Waals surface area contributed by atoms with Crippen LogP contribution >= 0.6 is 0 Å². The number of benzene rings is 3. The number of hydrogen-bond acceptors (Lipinski definition) is 5. The van der Waals surface area contributed by atoms with Crippen LogP contribution in [0.3, 0.4) is 0 Å². The molecule has 1 aliphatic heterocycles. The van der Waals surface area contributed by atoms with E-state index in [1.807, 2.05) is 30.3 Å². The van der Waals surface area contributed by atoms with Gasteiger partial charge in [-0.05, 0) is 30.3 Å². The molecule has 0 aromatic heterocycles. The van der Waals surface area contributed by atoms with Crippen LogP contribution in [0.4, 0.5) is 15.8 Å². The van der Waals surface area contributed by atoms with Crippen molar-refractivity contribution in [3.8, 4) is 0 Å². The number of nitrogens with zero attached hydrogens (tertiary/aromatic N) is 3. The molecule has 6 nitrogen and oxygen atoms in total. The van der Waals surface area contributed by atoms with Gasteiger partial charge >= 0.3 is 0 Å². The normalized spacial score (nSPS) is 12.9. The number of hydrogen-bond donors (Lipinski definition) is 1. The molecule has 0 saturated heterocycles. The van der Waals surface area contributed by atoms with Gasteiger partial charge in [0.15, 0.2) is 5.84 Å². The van der Waals surface area contributed by atoms with Gasteiger partial charge in [0, 0.05) is 28.8 Å². The van der Waals surface area contributed by atoms with Crippen LogP contribution in [-0.4, -0.2) is 16.5 Å². The summed E-state index contributed by atoms with van der Waals surface area (Å²) in [5.41, 5.74) is 5.86. The first kappa shape index (κ1) is 16.6. The van der Waals surface area contributed by atoms with Crippen LogP contribution in [-0.2, 0) is 0 Å². The van der Waals surface area contributed by atoms with E-state index in [0.717, 1.165) is 5.56 Å². The first-order chi connectivity index (χ1) is 13.1. The Labute approximate surface area is 153 Å². The second-order valence-corrected chi connectivity index (χ2v) is 5.86. The van der Waals surface area contributed by atoms with Crippen LogP contribution in [0.15, 0.2) is 82.9 Å². The molecule has 1 aliphatic rings. The fraction of sp³-hybridized carbons (Fsp3) is 0. The average Bonchev–Trinajstić information content (AvgIpc) is 2.88. The summed E-state index contributed by atoms with van der Waals surface area (Å²) in [5, 5.41) is 15.3. The summed E-state index contributed by atoms with van der Waals surface area (Å²) in [5.74, 6) is 0.113. The number of nitro groups is 1. The molecule has 27 heavy (non-hydrogen) atoms. The Balaban J connectivity index is 1.83. The lowest BCUT2D eigenvalue weighted by Gasteiger charge is -2.07. The summed E-state index contributed by atoms with van der Waals surface area (Å²) >= 11 is 0. The van der Waals surface area contributed by atoms with Gasteiger partial charge in [-0.1, -0.05) is 30.3 Å². The highest BCUT2D eigenvalue weighted by Crippen LogP contribution is 2.27.